The summed E-state index contributed by atoms with van der Waals surface area (Å²) in [5.74, 6) is -0.264. The third kappa shape index (κ3) is 2.69. The summed E-state index contributed by atoms with van der Waals surface area (Å²) in [4.78, 5) is 17.8. The number of carbonyl (C=O) groups is 1. The largest absolute Gasteiger partial charge is 0.477 e. The highest BCUT2D eigenvalue weighted by Crippen LogP contribution is 2.28. The number of fused-ring (bicyclic) bond motifs is 1. The Morgan fingerprint density at radius 2 is 2.05 bits per heavy atom. The lowest BCUT2D eigenvalue weighted by molar-refractivity contribution is 0.0690. The molecule has 1 fully saturated rings. The van der Waals surface area contributed by atoms with Crippen LogP contribution in [-0.4, -0.2) is 42.4 Å². The molecule has 0 aliphatic carbocycles. The second-order valence-corrected chi connectivity index (χ2v) is 5.31. The Kier molecular flexibility index (Phi) is 3.75. The first kappa shape index (κ1) is 13.8. The van der Waals surface area contributed by atoms with Gasteiger partial charge in [0, 0.05) is 31.7 Å². The molecule has 21 heavy (non-hydrogen) atoms. The van der Waals surface area contributed by atoms with Gasteiger partial charge < -0.3 is 14.7 Å². The van der Waals surface area contributed by atoms with Gasteiger partial charge in [0.1, 0.15) is 5.82 Å². The molecular formula is C16H18N2O3. The van der Waals surface area contributed by atoms with Gasteiger partial charge in [-0.25, -0.2) is 9.78 Å². The average Bonchev–Trinajstić information content (AvgIpc) is 2.54. The van der Waals surface area contributed by atoms with Crippen molar-refractivity contribution >= 4 is 22.6 Å². The molecule has 0 saturated carbocycles. The summed E-state index contributed by atoms with van der Waals surface area (Å²) < 4.78 is 5.39. The lowest BCUT2D eigenvalue weighted by atomic mass is 10.1. The van der Waals surface area contributed by atoms with Gasteiger partial charge in [0.15, 0.2) is 5.69 Å². The van der Waals surface area contributed by atoms with Crippen LogP contribution in [0, 0.1) is 0 Å². The number of aromatic nitrogens is 1. The van der Waals surface area contributed by atoms with Crippen LogP contribution in [0.1, 0.15) is 23.3 Å². The maximum absolute atomic E-state index is 11.3. The van der Waals surface area contributed by atoms with E-state index in [4.69, 9.17) is 4.74 Å². The van der Waals surface area contributed by atoms with Gasteiger partial charge in [-0.15, -0.1) is 0 Å². The molecule has 110 valence electrons. The minimum Gasteiger partial charge on any atom is -0.477 e. The molecule has 0 bridgehead atoms. The molecule has 1 aromatic heterocycles. The average molecular weight is 286 g/mol. The number of hydrogen-bond donors (Lipinski definition) is 1. The quantitative estimate of drug-likeness (QED) is 0.939. The first-order valence-corrected chi connectivity index (χ1v) is 7.10. The van der Waals surface area contributed by atoms with E-state index in [1.54, 1.807) is 6.07 Å². The fraction of sp³-hybridized carbons (Fsp3) is 0.375. The first-order valence-electron chi connectivity index (χ1n) is 7.10. The van der Waals surface area contributed by atoms with Crippen LogP contribution in [-0.2, 0) is 4.74 Å². The Bertz CT molecular complexity index is 666. The molecule has 2 heterocycles. The molecule has 0 unspecified atom stereocenters. The van der Waals surface area contributed by atoms with E-state index >= 15 is 0 Å². The van der Waals surface area contributed by atoms with Crippen molar-refractivity contribution in [2.45, 2.75) is 18.9 Å². The number of carboxylic acid groups (broad SMARTS) is 1. The minimum atomic E-state index is -0.998. The van der Waals surface area contributed by atoms with Crippen LogP contribution in [0.25, 0.3) is 10.8 Å². The van der Waals surface area contributed by atoms with E-state index in [1.165, 1.54) is 0 Å². The highest BCUT2D eigenvalue weighted by Gasteiger charge is 2.22. The molecule has 1 aliphatic heterocycles. The van der Waals surface area contributed by atoms with Crippen molar-refractivity contribution in [2.75, 3.05) is 25.2 Å². The number of benzene rings is 1. The molecule has 0 radical (unpaired) electrons. The van der Waals surface area contributed by atoms with Gasteiger partial charge in [-0.3, -0.25) is 0 Å². The van der Waals surface area contributed by atoms with Crippen LogP contribution in [0.4, 0.5) is 5.82 Å². The Labute approximate surface area is 123 Å². The van der Waals surface area contributed by atoms with Gasteiger partial charge in [0.05, 0.1) is 0 Å². The molecule has 1 aliphatic rings. The summed E-state index contributed by atoms with van der Waals surface area (Å²) in [7, 11) is 1.98. The Morgan fingerprint density at radius 3 is 2.76 bits per heavy atom. The molecule has 0 spiro atoms. The predicted molar refractivity (Wildman–Crippen MR) is 80.9 cm³/mol. The maximum Gasteiger partial charge on any atom is 0.354 e. The number of aromatic carboxylic acids is 1. The van der Waals surface area contributed by atoms with Crippen LogP contribution >= 0.6 is 0 Å². The topological polar surface area (TPSA) is 62.7 Å². The van der Waals surface area contributed by atoms with Gasteiger partial charge >= 0.3 is 5.97 Å². The van der Waals surface area contributed by atoms with Crippen molar-refractivity contribution in [3.8, 4) is 0 Å². The number of pyridine rings is 1. The van der Waals surface area contributed by atoms with E-state index in [2.05, 4.69) is 9.88 Å². The van der Waals surface area contributed by atoms with Crippen LogP contribution in [0.15, 0.2) is 30.3 Å². The molecule has 2 aromatic rings. The Morgan fingerprint density at radius 1 is 1.33 bits per heavy atom. The summed E-state index contributed by atoms with van der Waals surface area (Å²) in [6.45, 7) is 1.48. The van der Waals surface area contributed by atoms with E-state index < -0.39 is 5.97 Å². The van der Waals surface area contributed by atoms with Crippen LogP contribution in [0.2, 0.25) is 0 Å². The van der Waals surface area contributed by atoms with E-state index in [0.717, 1.165) is 42.6 Å². The highest BCUT2D eigenvalue weighted by atomic mass is 16.5. The molecule has 1 aromatic carbocycles. The van der Waals surface area contributed by atoms with Crippen LogP contribution in [0.3, 0.4) is 0 Å². The number of ether oxygens (including phenoxy) is 1. The van der Waals surface area contributed by atoms with Crippen molar-refractivity contribution in [3.05, 3.63) is 36.0 Å². The number of anilines is 1. The van der Waals surface area contributed by atoms with Crippen molar-refractivity contribution in [1.82, 2.24) is 4.98 Å². The lowest BCUT2D eigenvalue weighted by Gasteiger charge is -2.32. The smallest absolute Gasteiger partial charge is 0.354 e. The molecule has 5 nitrogen and oxygen atoms in total. The number of hydrogen-bond acceptors (Lipinski definition) is 4. The van der Waals surface area contributed by atoms with E-state index in [9.17, 15) is 9.90 Å². The molecule has 0 atom stereocenters. The molecule has 3 rings (SSSR count). The normalized spacial score (nSPS) is 16.0. The predicted octanol–water partition coefficient (Wildman–Crippen LogP) is 2.55. The Hall–Kier alpha value is -2.14. The fourth-order valence-electron chi connectivity index (χ4n) is 2.80. The zero-order valence-electron chi connectivity index (χ0n) is 12.0. The summed E-state index contributed by atoms with van der Waals surface area (Å²) in [6, 6.07) is 9.72. The summed E-state index contributed by atoms with van der Waals surface area (Å²) in [5, 5.41) is 11.1. The van der Waals surface area contributed by atoms with E-state index in [-0.39, 0.29) is 5.69 Å². The van der Waals surface area contributed by atoms with E-state index in [0.29, 0.717) is 6.04 Å². The van der Waals surface area contributed by atoms with Crippen molar-refractivity contribution in [2.24, 2.45) is 0 Å². The van der Waals surface area contributed by atoms with Gasteiger partial charge in [0.25, 0.3) is 0 Å². The van der Waals surface area contributed by atoms with E-state index in [1.807, 2.05) is 31.3 Å². The fourth-order valence-corrected chi connectivity index (χ4v) is 2.80. The highest BCUT2D eigenvalue weighted by molar-refractivity contribution is 5.98. The summed E-state index contributed by atoms with van der Waals surface area (Å²) in [5.41, 5.74) is 0.0857. The maximum atomic E-state index is 11.3. The summed E-state index contributed by atoms with van der Waals surface area (Å²) >= 11 is 0. The van der Waals surface area contributed by atoms with Crippen molar-refractivity contribution < 1.29 is 14.6 Å². The monoisotopic (exact) mass is 286 g/mol. The zero-order valence-corrected chi connectivity index (χ0v) is 12.0. The molecule has 0 amide bonds. The molecule has 1 saturated heterocycles. The SMILES string of the molecule is CN(c1nc(C(=O)O)cc2ccccc12)C1CCOCC1. The third-order valence-electron chi connectivity index (χ3n) is 4.01. The number of carboxylic acids is 1. The van der Waals surface area contributed by atoms with Crippen LogP contribution < -0.4 is 4.90 Å². The summed E-state index contributed by atoms with van der Waals surface area (Å²) in [6.07, 6.45) is 1.87. The van der Waals surface area contributed by atoms with Gasteiger partial charge in [-0.1, -0.05) is 24.3 Å². The van der Waals surface area contributed by atoms with Gasteiger partial charge in [-0.05, 0) is 24.3 Å². The number of nitrogens with zero attached hydrogens (tertiary/aromatic N) is 2. The molecule has 5 heteroatoms. The third-order valence-corrected chi connectivity index (χ3v) is 4.01. The minimum absolute atomic E-state index is 0.0857. The standard InChI is InChI=1S/C16H18N2O3/c1-18(12-6-8-21-9-7-12)15-13-5-3-2-4-11(13)10-14(17-15)16(19)20/h2-5,10,12H,6-9H2,1H3,(H,19,20). The zero-order chi connectivity index (χ0) is 14.8. The van der Waals surface area contributed by atoms with Gasteiger partial charge in [0.2, 0.25) is 0 Å². The lowest BCUT2D eigenvalue weighted by Crippen LogP contribution is -2.37. The molecule has 1 N–H and O–H groups in total. The second kappa shape index (κ2) is 5.69. The van der Waals surface area contributed by atoms with Gasteiger partial charge in [-0.2, -0.15) is 0 Å². The van der Waals surface area contributed by atoms with Crippen molar-refractivity contribution in [1.29, 1.82) is 0 Å². The van der Waals surface area contributed by atoms with Crippen molar-refractivity contribution in [3.63, 3.8) is 0 Å². The first-order chi connectivity index (χ1) is 10.2. The Balaban J connectivity index is 2.08. The molecular weight excluding hydrogens is 268 g/mol. The van der Waals surface area contributed by atoms with Crippen LogP contribution in [0.5, 0.6) is 0 Å². The second-order valence-electron chi connectivity index (χ2n) is 5.31. The number of rotatable bonds is 3.